The Morgan fingerprint density at radius 3 is 2.64 bits per heavy atom. The van der Waals surface area contributed by atoms with Gasteiger partial charge in [0.1, 0.15) is 0 Å². The Hall–Kier alpha value is -1.42. The van der Waals surface area contributed by atoms with Crippen LogP contribution in [0, 0.1) is 5.92 Å². The first kappa shape index (κ1) is 9.15. The lowest BCUT2D eigenvalue weighted by molar-refractivity contribution is -0.145. The monoisotopic (exact) mass is 193 g/mol. The highest BCUT2D eigenvalue weighted by atomic mass is 16.3. The van der Waals surface area contributed by atoms with Crippen molar-refractivity contribution in [3.63, 3.8) is 0 Å². The van der Waals surface area contributed by atoms with E-state index in [1.54, 1.807) is 0 Å². The summed E-state index contributed by atoms with van der Waals surface area (Å²) >= 11 is 0. The van der Waals surface area contributed by atoms with E-state index in [1.807, 2.05) is 6.92 Å². The van der Waals surface area contributed by atoms with Crippen molar-refractivity contribution in [2.75, 3.05) is 0 Å². The predicted octanol–water partition coefficient (Wildman–Crippen LogP) is 0.196. The van der Waals surface area contributed by atoms with Crippen molar-refractivity contribution in [2.45, 2.75) is 19.6 Å². The van der Waals surface area contributed by atoms with Crippen molar-refractivity contribution in [2.24, 2.45) is 5.92 Å². The second-order valence-electron chi connectivity index (χ2n) is 3.63. The van der Waals surface area contributed by atoms with Crippen LogP contribution < -0.4 is 0 Å². The minimum absolute atomic E-state index is 0.142. The highest BCUT2D eigenvalue weighted by Crippen LogP contribution is 2.41. The minimum Gasteiger partial charge on any atom is -0.369 e. The molecule has 1 N–H and O–H groups in total. The van der Waals surface area contributed by atoms with E-state index in [4.69, 9.17) is 0 Å². The summed E-state index contributed by atoms with van der Waals surface area (Å²) < 4.78 is 0. The lowest BCUT2D eigenvalue weighted by Crippen LogP contribution is -2.39. The maximum Gasteiger partial charge on any atom is 0.259 e. The second-order valence-corrected chi connectivity index (χ2v) is 3.63. The van der Waals surface area contributed by atoms with Gasteiger partial charge in [0, 0.05) is 11.1 Å². The first-order chi connectivity index (χ1) is 6.57. The molecule has 2 rings (SSSR count). The molecule has 2 amide bonds. The normalized spacial score (nSPS) is 27.6. The largest absolute Gasteiger partial charge is 0.369 e. The summed E-state index contributed by atoms with van der Waals surface area (Å²) in [5, 5.41) is 9.39. The number of carbonyl (C=O) groups is 2. The first-order valence-electron chi connectivity index (χ1n) is 4.49. The summed E-state index contributed by atoms with van der Waals surface area (Å²) in [5.74, 6) is -0.588. The van der Waals surface area contributed by atoms with Crippen LogP contribution in [0.3, 0.4) is 0 Å². The quantitative estimate of drug-likeness (QED) is 0.503. The average Bonchev–Trinajstić information content (AvgIpc) is 2.32. The van der Waals surface area contributed by atoms with E-state index in [0.29, 0.717) is 17.6 Å². The number of hydrogen-bond donors (Lipinski definition) is 1. The molecular weight excluding hydrogens is 182 g/mol. The van der Waals surface area contributed by atoms with Crippen molar-refractivity contribution in [3.8, 4) is 0 Å². The van der Waals surface area contributed by atoms with E-state index in [0.717, 1.165) is 4.90 Å². The molecule has 74 valence electrons. The molecule has 1 aliphatic carbocycles. The number of likely N-dealkylation sites (tertiary alicyclic amines) is 1. The number of rotatable bonds is 2. The minimum atomic E-state index is -1.20. The molecule has 0 radical (unpaired) electrons. The van der Waals surface area contributed by atoms with Crippen LogP contribution >= 0.6 is 0 Å². The van der Waals surface area contributed by atoms with Crippen LogP contribution in [0.5, 0.6) is 0 Å². The lowest BCUT2D eigenvalue weighted by Gasteiger charge is -2.20. The fourth-order valence-electron chi connectivity index (χ4n) is 1.94. The first-order valence-corrected chi connectivity index (χ1v) is 4.49. The molecule has 0 fully saturated rings. The Kier molecular flexibility index (Phi) is 1.82. The Bertz CT molecular complexity index is 370. The van der Waals surface area contributed by atoms with Gasteiger partial charge in [0.2, 0.25) is 0 Å². The molecule has 2 aliphatic rings. The number of carbonyl (C=O) groups excluding carboxylic acids is 2. The van der Waals surface area contributed by atoms with Gasteiger partial charge in [-0.15, -0.1) is 0 Å². The van der Waals surface area contributed by atoms with Crippen LogP contribution in [0.25, 0.3) is 0 Å². The van der Waals surface area contributed by atoms with Crippen LogP contribution in [0.4, 0.5) is 0 Å². The van der Waals surface area contributed by atoms with Crippen molar-refractivity contribution in [1.82, 2.24) is 4.90 Å². The number of hydrogen-bond acceptors (Lipinski definition) is 3. The third kappa shape index (κ3) is 0.915. The predicted molar refractivity (Wildman–Crippen MR) is 48.9 cm³/mol. The van der Waals surface area contributed by atoms with Crippen LogP contribution in [-0.2, 0) is 9.59 Å². The van der Waals surface area contributed by atoms with Crippen molar-refractivity contribution >= 4 is 11.8 Å². The molecule has 2 unspecified atom stereocenters. The number of amides is 2. The molecule has 0 aromatic carbocycles. The topological polar surface area (TPSA) is 57.6 Å². The zero-order valence-corrected chi connectivity index (χ0v) is 7.86. The summed E-state index contributed by atoms with van der Waals surface area (Å²) in [5.41, 5.74) is 1.12. The summed E-state index contributed by atoms with van der Waals surface area (Å²) in [6.45, 7) is 5.25. The van der Waals surface area contributed by atoms with E-state index in [1.165, 1.54) is 6.08 Å². The van der Waals surface area contributed by atoms with Gasteiger partial charge in [-0.25, -0.2) is 4.90 Å². The van der Waals surface area contributed by atoms with Gasteiger partial charge < -0.3 is 5.11 Å². The molecule has 1 aliphatic heterocycles. The van der Waals surface area contributed by atoms with Gasteiger partial charge in [-0.1, -0.05) is 13.5 Å². The van der Waals surface area contributed by atoms with Crippen LogP contribution in [0.1, 0.15) is 13.3 Å². The van der Waals surface area contributed by atoms with Crippen LogP contribution in [0.15, 0.2) is 23.8 Å². The highest BCUT2D eigenvalue weighted by Gasteiger charge is 2.48. The summed E-state index contributed by atoms with van der Waals surface area (Å²) in [6.07, 6.45) is 0.611. The highest BCUT2D eigenvalue weighted by molar-refractivity contribution is 6.21. The molecular formula is C10H11NO3. The Morgan fingerprint density at radius 1 is 1.57 bits per heavy atom. The van der Waals surface area contributed by atoms with E-state index >= 15 is 0 Å². The zero-order chi connectivity index (χ0) is 10.5. The molecule has 14 heavy (non-hydrogen) atoms. The molecule has 0 spiro atoms. The molecule has 4 nitrogen and oxygen atoms in total. The Morgan fingerprint density at radius 2 is 2.21 bits per heavy atom. The Balaban J connectivity index is 2.33. The van der Waals surface area contributed by atoms with Crippen LogP contribution in [0.2, 0.25) is 0 Å². The van der Waals surface area contributed by atoms with Gasteiger partial charge in [-0.05, 0) is 18.4 Å². The second kappa shape index (κ2) is 2.78. The molecule has 4 heteroatoms. The van der Waals surface area contributed by atoms with E-state index in [9.17, 15) is 14.7 Å². The molecule has 1 heterocycles. The summed E-state index contributed by atoms with van der Waals surface area (Å²) in [7, 11) is 0. The number of imide groups is 1. The van der Waals surface area contributed by atoms with Crippen molar-refractivity contribution in [3.05, 3.63) is 23.8 Å². The number of aliphatic hydroxyl groups excluding tert-OH is 1. The average molecular weight is 193 g/mol. The smallest absolute Gasteiger partial charge is 0.259 e. The SMILES string of the molecule is C=CC(O)N1C(=O)C2=C(C1=O)C(C)C2. The van der Waals surface area contributed by atoms with Gasteiger partial charge in [0.15, 0.2) is 6.23 Å². The fourth-order valence-corrected chi connectivity index (χ4v) is 1.94. The van der Waals surface area contributed by atoms with Crippen molar-refractivity contribution in [1.29, 1.82) is 0 Å². The third-order valence-electron chi connectivity index (χ3n) is 2.73. The van der Waals surface area contributed by atoms with Crippen molar-refractivity contribution < 1.29 is 14.7 Å². The van der Waals surface area contributed by atoms with Gasteiger partial charge >= 0.3 is 0 Å². The van der Waals surface area contributed by atoms with E-state index in [2.05, 4.69) is 6.58 Å². The van der Waals surface area contributed by atoms with Gasteiger partial charge in [0.25, 0.3) is 11.8 Å². The zero-order valence-electron chi connectivity index (χ0n) is 7.86. The standard InChI is InChI=1S/C10H11NO3/c1-3-7(12)11-9(13)6-4-5(2)8(6)10(11)14/h3,5,7,12H,1,4H2,2H3. The number of nitrogens with zero attached hydrogens (tertiary/aromatic N) is 1. The fraction of sp³-hybridized carbons (Fsp3) is 0.400. The Labute approximate surface area is 81.5 Å². The third-order valence-corrected chi connectivity index (χ3v) is 2.73. The maximum atomic E-state index is 11.6. The van der Waals surface area contributed by atoms with Gasteiger partial charge in [-0.3, -0.25) is 9.59 Å². The molecule has 0 aromatic rings. The van der Waals surface area contributed by atoms with E-state index < -0.39 is 6.23 Å². The van der Waals surface area contributed by atoms with Gasteiger partial charge in [-0.2, -0.15) is 0 Å². The summed E-state index contributed by atoms with van der Waals surface area (Å²) in [4.78, 5) is 24.1. The number of aliphatic hydroxyl groups is 1. The summed E-state index contributed by atoms with van der Waals surface area (Å²) in [6, 6.07) is 0. The molecule has 0 saturated heterocycles. The molecule has 0 saturated carbocycles. The molecule has 0 bridgehead atoms. The lowest BCUT2D eigenvalue weighted by atomic mass is 9.80. The van der Waals surface area contributed by atoms with Gasteiger partial charge in [0.05, 0.1) is 0 Å². The molecule has 0 aromatic heterocycles. The van der Waals surface area contributed by atoms with Crippen LogP contribution in [-0.4, -0.2) is 28.0 Å². The maximum absolute atomic E-state index is 11.6. The van der Waals surface area contributed by atoms with E-state index in [-0.39, 0.29) is 17.7 Å². The molecule has 2 atom stereocenters.